The zero-order valence-corrected chi connectivity index (χ0v) is 19.5. The lowest BCUT2D eigenvalue weighted by Gasteiger charge is -2.32. The van der Waals surface area contributed by atoms with Crippen LogP contribution in [0.4, 0.5) is 11.4 Å². The molecule has 0 bridgehead atoms. The Morgan fingerprint density at radius 3 is 2.22 bits per heavy atom. The molecule has 1 N–H and O–H groups in total. The Morgan fingerprint density at radius 1 is 1.03 bits per heavy atom. The first-order valence-corrected chi connectivity index (χ1v) is 12.1. The molecule has 0 unspecified atom stereocenters. The number of nitrogens with one attached hydrogen (secondary N) is 1. The summed E-state index contributed by atoms with van der Waals surface area (Å²) in [5.41, 5.74) is 1.95. The summed E-state index contributed by atoms with van der Waals surface area (Å²) in [6.45, 7) is 2.00. The zero-order valence-electron chi connectivity index (χ0n) is 18.7. The molecule has 0 aromatic heterocycles. The Balaban J connectivity index is 1.62. The van der Waals surface area contributed by atoms with Gasteiger partial charge in [-0.05, 0) is 49.9 Å². The van der Waals surface area contributed by atoms with Crippen LogP contribution in [0.15, 0.2) is 35.2 Å². The molecule has 1 aliphatic heterocycles. The molecule has 172 valence electrons. The van der Waals surface area contributed by atoms with Crippen molar-refractivity contribution in [1.29, 1.82) is 0 Å². The highest BCUT2D eigenvalue weighted by atomic mass is 32.2. The number of hydrogen-bond acceptors (Lipinski definition) is 6. The van der Waals surface area contributed by atoms with Crippen LogP contribution < -0.4 is 23.8 Å². The molecule has 1 amide bonds. The molecule has 1 fully saturated rings. The summed E-state index contributed by atoms with van der Waals surface area (Å²) in [6.07, 6.45) is 3.59. The van der Waals surface area contributed by atoms with Crippen LogP contribution in [-0.4, -0.2) is 41.7 Å². The normalized spacial score (nSPS) is 18.0. The fourth-order valence-electron chi connectivity index (χ4n) is 4.32. The minimum Gasteiger partial charge on any atom is -0.493 e. The van der Waals surface area contributed by atoms with Crippen LogP contribution in [0.5, 0.6) is 17.2 Å². The SMILES string of the molecule is COc1cc(NS(=O)(=O)c2ccc3c(c2)C[C@@H](C)N3C(=O)C2CCC2)cc(OC)c1OC. The van der Waals surface area contributed by atoms with Gasteiger partial charge in [0.05, 0.1) is 31.9 Å². The first-order chi connectivity index (χ1) is 15.3. The summed E-state index contributed by atoms with van der Waals surface area (Å²) in [7, 11) is 0.538. The van der Waals surface area contributed by atoms with Gasteiger partial charge in [-0.25, -0.2) is 8.42 Å². The van der Waals surface area contributed by atoms with Gasteiger partial charge in [0.2, 0.25) is 11.7 Å². The van der Waals surface area contributed by atoms with E-state index in [1.807, 2.05) is 11.8 Å². The average Bonchev–Trinajstić information content (AvgIpc) is 3.06. The lowest BCUT2D eigenvalue weighted by Crippen LogP contribution is -2.42. The highest BCUT2D eigenvalue weighted by Gasteiger charge is 2.37. The van der Waals surface area contributed by atoms with Gasteiger partial charge in [-0.3, -0.25) is 9.52 Å². The van der Waals surface area contributed by atoms with Gasteiger partial charge in [-0.2, -0.15) is 0 Å². The van der Waals surface area contributed by atoms with E-state index in [9.17, 15) is 13.2 Å². The minimum atomic E-state index is -3.87. The van der Waals surface area contributed by atoms with Crippen molar-refractivity contribution < 1.29 is 27.4 Å². The molecular formula is C23H28N2O6S. The van der Waals surface area contributed by atoms with Crippen molar-refractivity contribution >= 4 is 27.3 Å². The average molecular weight is 461 g/mol. The van der Waals surface area contributed by atoms with Crippen molar-refractivity contribution in [1.82, 2.24) is 0 Å². The summed E-state index contributed by atoms with van der Waals surface area (Å²) in [6, 6.07) is 8.01. The molecule has 0 saturated heterocycles. The number of benzene rings is 2. The number of amides is 1. The Bertz CT molecular complexity index is 1120. The van der Waals surface area contributed by atoms with Gasteiger partial charge >= 0.3 is 0 Å². The number of ether oxygens (including phenoxy) is 3. The molecule has 32 heavy (non-hydrogen) atoms. The number of sulfonamides is 1. The van der Waals surface area contributed by atoms with Crippen molar-refractivity contribution in [3.05, 3.63) is 35.9 Å². The standard InChI is InChI=1S/C23H28N2O6S/c1-14-10-16-11-18(8-9-19(16)25(14)23(26)15-6-5-7-15)32(27,28)24-17-12-20(29-2)22(31-4)21(13-17)30-3/h8-9,11-15,24H,5-7,10H2,1-4H3/t14-/m1/s1. The third-order valence-electron chi connectivity index (χ3n) is 6.19. The van der Waals surface area contributed by atoms with E-state index in [4.69, 9.17) is 14.2 Å². The maximum absolute atomic E-state index is 13.1. The first kappa shape index (κ1) is 22.3. The second kappa shape index (κ2) is 8.54. The van der Waals surface area contributed by atoms with Gasteiger partial charge in [-0.15, -0.1) is 0 Å². The second-order valence-corrected chi connectivity index (χ2v) is 9.88. The maximum Gasteiger partial charge on any atom is 0.261 e. The molecule has 9 heteroatoms. The fraction of sp³-hybridized carbons (Fsp3) is 0.435. The predicted molar refractivity (Wildman–Crippen MR) is 121 cm³/mol. The molecule has 1 aliphatic carbocycles. The molecule has 2 aromatic carbocycles. The third-order valence-corrected chi connectivity index (χ3v) is 7.56. The summed E-state index contributed by atoms with van der Waals surface area (Å²) >= 11 is 0. The number of nitrogens with zero attached hydrogens (tertiary/aromatic N) is 1. The van der Waals surface area contributed by atoms with Crippen molar-refractivity contribution in [3.8, 4) is 17.2 Å². The van der Waals surface area contributed by atoms with Crippen LogP contribution in [0.2, 0.25) is 0 Å². The van der Waals surface area contributed by atoms with Crippen LogP contribution in [0.3, 0.4) is 0 Å². The molecule has 0 radical (unpaired) electrons. The Hall–Kier alpha value is -2.94. The Kier molecular flexibility index (Phi) is 5.94. The van der Waals surface area contributed by atoms with Gasteiger partial charge in [-0.1, -0.05) is 6.42 Å². The predicted octanol–water partition coefficient (Wildman–Crippen LogP) is 3.59. The van der Waals surface area contributed by atoms with Crippen molar-refractivity contribution in [2.45, 2.75) is 43.5 Å². The summed E-state index contributed by atoms with van der Waals surface area (Å²) in [4.78, 5) is 14.8. The monoisotopic (exact) mass is 460 g/mol. The molecule has 1 saturated carbocycles. The second-order valence-electron chi connectivity index (χ2n) is 8.20. The van der Waals surface area contributed by atoms with E-state index in [0.717, 1.165) is 30.5 Å². The lowest BCUT2D eigenvalue weighted by atomic mass is 9.84. The van der Waals surface area contributed by atoms with E-state index in [1.165, 1.54) is 39.5 Å². The number of carbonyl (C=O) groups excluding carboxylic acids is 1. The minimum absolute atomic E-state index is 0.0131. The summed E-state index contributed by atoms with van der Waals surface area (Å²) in [5.74, 6) is 1.30. The zero-order chi connectivity index (χ0) is 23.0. The smallest absolute Gasteiger partial charge is 0.261 e. The number of methoxy groups -OCH3 is 3. The van der Waals surface area contributed by atoms with Crippen LogP contribution in [0, 0.1) is 5.92 Å². The van der Waals surface area contributed by atoms with Gasteiger partial charge in [0.15, 0.2) is 11.5 Å². The molecule has 4 rings (SSSR count). The van der Waals surface area contributed by atoms with E-state index < -0.39 is 10.0 Å². The van der Waals surface area contributed by atoms with Crippen molar-refractivity contribution in [3.63, 3.8) is 0 Å². The molecule has 8 nitrogen and oxygen atoms in total. The van der Waals surface area contributed by atoms with Gasteiger partial charge in [0, 0.05) is 29.8 Å². The highest BCUT2D eigenvalue weighted by Crippen LogP contribution is 2.41. The van der Waals surface area contributed by atoms with Crippen molar-refractivity contribution in [2.24, 2.45) is 5.92 Å². The van der Waals surface area contributed by atoms with Gasteiger partial charge < -0.3 is 19.1 Å². The van der Waals surface area contributed by atoms with E-state index >= 15 is 0 Å². The molecule has 0 spiro atoms. The van der Waals surface area contributed by atoms with E-state index in [1.54, 1.807) is 12.1 Å². The summed E-state index contributed by atoms with van der Waals surface area (Å²) in [5, 5.41) is 0. The molecule has 1 atom stereocenters. The number of rotatable bonds is 7. The number of fused-ring (bicyclic) bond motifs is 1. The fourth-order valence-corrected chi connectivity index (χ4v) is 5.41. The van der Waals surface area contributed by atoms with E-state index in [-0.39, 0.29) is 28.4 Å². The Labute approximate surface area is 188 Å². The van der Waals surface area contributed by atoms with E-state index in [0.29, 0.717) is 23.7 Å². The van der Waals surface area contributed by atoms with Gasteiger partial charge in [0.25, 0.3) is 10.0 Å². The molecular weight excluding hydrogens is 432 g/mol. The number of anilines is 2. The Morgan fingerprint density at radius 2 is 1.69 bits per heavy atom. The topological polar surface area (TPSA) is 94.2 Å². The van der Waals surface area contributed by atoms with Crippen LogP contribution >= 0.6 is 0 Å². The number of carbonyl (C=O) groups is 1. The quantitative estimate of drug-likeness (QED) is 0.679. The van der Waals surface area contributed by atoms with Crippen LogP contribution in [-0.2, 0) is 21.2 Å². The van der Waals surface area contributed by atoms with Crippen LogP contribution in [0.25, 0.3) is 0 Å². The van der Waals surface area contributed by atoms with Gasteiger partial charge in [0.1, 0.15) is 0 Å². The lowest BCUT2D eigenvalue weighted by molar-refractivity contribution is -0.125. The molecule has 2 aromatic rings. The third kappa shape index (κ3) is 3.85. The summed E-state index contributed by atoms with van der Waals surface area (Å²) < 4.78 is 44.7. The highest BCUT2D eigenvalue weighted by molar-refractivity contribution is 7.92. The van der Waals surface area contributed by atoms with Crippen molar-refractivity contribution in [2.75, 3.05) is 31.0 Å². The van der Waals surface area contributed by atoms with E-state index in [2.05, 4.69) is 4.72 Å². The van der Waals surface area contributed by atoms with Crippen LogP contribution in [0.1, 0.15) is 31.7 Å². The maximum atomic E-state index is 13.1. The molecule has 2 aliphatic rings. The number of hydrogen-bond donors (Lipinski definition) is 1. The largest absolute Gasteiger partial charge is 0.493 e. The molecule has 1 heterocycles. The first-order valence-electron chi connectivity index (χ1n) is 10.6.